The highest BCUT2D eigenvalue weighted by molar-refractivity contribution is 5.21. The molecule has 1 heteroatoms. The summed E-state index contributed by atoms with van der Waals surface area (Å²) in [5, 5.41) is 0. The molecule has 0 aromatic rings. The lowest BCUT2D eigenvalue weighted by Gasteiger charge is -2.38. The number of rotatable bonds is 1. The molecule has 2 aliphatic carbocycles. The third-order valence-electron chi connectivity index (χ3n) is 3.49. The lowest BCUT2D eigenvalue weighted by Crippen LogP contribution is -2.46. The molecule has 1 atom stereocenters. The third-order valence-corrected chi connectivity index (χ3v) is 3.49. The van der Waals surface area contributed by atoms with Crippen molar-refractivity contribution in [2.24, 2.45) is 11.7 Å². The van der Waals surface area contributed by atoms with Crippen LogP contribution in [-0.4, -0.2) is 5.54 Å². The Morgan fingerprint density at radius 3 is 2.46 bits per heavy atom. The summed E-state index contributed by atoms with van der Waals surface area (Å²) in [6, 6.07) is 0. The van der Waals surface area contributed by atoms with Gasteiger partial charge < -0.3 is 5.73 Å². The minimum Gasteiger partial charge on any atom is -0.321 e. The van der Waals surface area contributed by atoms with Gasteiger partial charge in [-0.15, -0.1) is 0 Å². The molecule has 0 heterocycles. The Morgan fingerprint density at radius 1 is 1.08 bits per heavy atom. The van der Waals surface area contributed by atoms with Gasteiger partial charge in [-0.2, -0.15) is 0 Å². The van der Waals surface area contributed by atoms with Gasteiger partial charge >= 0.3 is 0 Å². The lowest BCUT2D eigenvalue weighted by atomic mass is 9.72. The second kappa shape index (κ2) is 3.67. The molecule has 2 N–H and O–H groups in total. The first kappa shape index (κ1) is 9.01. The van der Waals surface area contributed by atoms with Crippen LogP contribution in [0.3, 0.4) is 0 Å². The topological polar surface area (TPSA) is 26.0 Å². The van der Waals surface area contributed by atoms with Gasteiger partial charge in [-0.3, -0.25) is 0 Å². The van der Waals surface area contributed by atoms with Gasteiger partial charge in [-0.05, 0) is 25.2 Å². The highest BCUT2D eigenvalue weighted by atomic mass is 14.7. The van der Waals surface area contributed by atoms with Crippen LogP contribution in [0.5, 0.6) is 0 Å². The maximum absolute atomic E-state index is 6.40. The molecule has 0 aliphatic heterocycles. The van der Waals surface area contributed by atoms with Crippen LogP contribution >= 0.6 is 0 Å². The summed E-state index contributed by atoms with van der Waals surface area (Å²) < 4.78 is 0. The van der Waals surface area contributed by atoms with Gasteiger partial charge in [0, 0.05) is 5.54 Å². The first-order valence-corrected chi connectivity index (χ1v) is 5.44. The Morgan fingerprint density at radius 2 is 1.85 bits per heavy atom. The van der Waals surface area contributed by atoms with E-state index in [-0.39, 0.29) is 5.54 Å². The Bertz CT molecular complexity index is 223. The highest BCUT2D eigenvalue weighted by Gasteiger charge is 2.32. The zero-order chi connectivity index (χ0) is 9.15. The molecule has 0 amide bonds. The molecule has 1 nitrogen and oxygen atoms in total. The van der Waals surface area contributed by atoms with Gasteiger partial charge in [0.25, 0.3) is 0 Å². The van der Waals surface area contributed by atoms with Crippen molar-refractivity contribution in [2.45, 2.75) is 44.1 Å². The van der Waals surface area contributed by atoms with Crippen molar-refractivity contribution in [1.29, 1.82) is 0 Å². The quantitative estimate of drug-likeness (QED) is 0.655. The summed E-state index contributed by atoms with van der Waals surface area (Å²) in [4.78, 5) is 0. The minimum atomic E-state index is -0.0187. The predicted octanol–water partition coefficient (Wildman–Crippen LogP) is 2.78. The van der Waals surface area contributed by atoms with Crippen LogP contribution in [0.15, 0.2) is 24.3 Å². The van der Waals surface area contributed by atoms with Crippen molar-refractivity contribution in [3.8, 4) is 0 Å². The monoisotopic (exact) mass is 177 g/mol. The summed E-state index contributed by atoms with van der Waals surface area (Å²) in [5.41, 5.74) is 6.38. The van der Waals surface area contributed by atoms with Crippen molar-refractivity contribution < 1.29 is 0 Å². The standard InChI is InChI=1S/C12H19N/c13-12(9-5-2-6-10-12)11-7-3-1-4-8-11/h2,5-6,9,11H,1,3-4,7-8,10,13H2. The van der Waals surface area contributed by atoms with E-state index in [1.807, 2.05) is 0 Å². The van der Waals surface area contributed by atoms with Gasteiger partial charge in [0.05, 0.1) is 0 Å². The van der Waals surface area contributed by atoms with Gasteiger partial charge in [0.1, 0.15) is 0 Å². The van der Waals surface area contributed by atoms with Gasteiger partial charge in [-0.1, -0.05) is 43.6 Å². The molecule has 1 unspecified atom stereocenters. The molecule has 0 aromatic carbocycles. The molecule has 13 heavy (non-hydrogen) atoms. The molecular weight excluding hydrogens is 158 g/mol. The SMILES string of the molecule is NC1(C2CCCCC2)C=CC=CC1. The Balaban J connectivity index is 2.04. The fourth-order valence-corrected chi connectivity index (χ4v) is 2.60. The van der Waals surface area contributed by atoms with Crippen LogP contribution in [0, 0.1) is 5.92 Å². The molecular formula is C12H19N. The highest BCUT2D eigenvalue weighted by Crippen LogP contribution is 2.35. The lowest BCUT2D eigenvalue weighted by molar-refractivity contribution is 0.248. The Kier molecular flexibility index (Phi) is 2.54. The minimum absolute atomic E-state index is 0.0187. The third kappa shape index (κ3) is 1.86. The van der Waals surface area contributed by atoms with Crippen molar-refractivity contribution in [3.05, 3.63) is 24.3 Å². The molecule has 2 aliphatic rings. The summed E-state index contributed by atoms with van der Waals surface area (Å²) in [6.45, 7) is 0. The average molecular weight is 177 g/mol. The maximum atomic E-state index is 6.40. The van der Waals surface area contributed by atoms with Crippen LogP contribution in [0.2, 0.25) is 0 Å². The molecule has 72 valence electrons. The molecule has 1 saturated carbocycles. The summed E-state index contributed by atoms with van der Waals surface area (Å²) >= 11 is 0. The van der Waals surface area contributed by atoms with E-state index in [9.17, 15) is 0 Å². The number of allylic oxidation sites excluding steroid dienone is 2. The fourth-order valence-electron chi connectivity index (χ4n) is 2.60. The van der Waals surface area contributed by atoms with E-state index in [0.29, 0.717) is 0 Å². The van der Waals surface area contributed by atoms with E-state index in [4.69, 9.17) is 5.73 Å². The number of nitrogens with two attached hydrogens (primary N) is 1. The van der Waals surface area contributed by atoms with E-state index >= 15 is 0 Å². The van der Waals surface area contributed by atoms with E-state index in [0.717, 1.165) is 12.3 Å². The second-order valence-corrected chi connectivity index (χ2v) is 4.44. The molecule has 0 saturated heterocycles. The van der Waals surface area contributed by atoms with Gasteiger partial charge in [-0.25, -0.2) is 0 Å². The van der Waals surface area contributed by atoms with Crippen molar-refractivity contribution in [3.63, 3.8) is 0 Å². The van der Waals surface area contributed by atoms with E-state index in [1.165, 1.54) is 32.1 Å². The second-order valence-electron chi connectivity index (χ2n) is 4.44. The molecule has 0 radical (unpaired) electrons. The molecule has 2 rings (SSSR count). The molecule has 0 bridgehead atoms. The van der Waals surface area contributed by atoms with Crippen LogP contribution in [0.25, 0.3) is 0 Å². The first-order valence-electron chi connectivity index (χ1n) is 5.44. The van der Waals surface area contributed by atoms with Gasteiger partial charge in [0.15, 0.2) is 0 Å². The zero-order valence-electron chi connectivity index (χ0n) is 8.21. The predicted molar refractivity (Wildman–Crippen MR) is 56.4 cm³/mol. The van der Waals surface area contributed by atoms with Crippen LogP contribution in [0.4, 0.5) is 0 Å². The van der Waals surface area contributed by atoms with Crippen LogP contribution in [0.1, 0.15) is 38.5 Å². The summed E-state index contributed by atoms with van der Waals surface area (Å²) in [5.74, 6) is 0.724. The van der Waals surface area contributed by atoms with Gasteiger partial charge in [0.2, 0.25) is 0 Å². The smallest absolute Gasteiger partial charge is 0.0405 e. The molecule has 0 aromatic heterocycles. The van der Waals surface area contributed by atoms with Crippen molar-refractivity contribution in [2.75, 3.05) is 0 Å². The molecule has 1 fully saturated rings. The Labute approximate surface area is 80.7 Å². The maximum Gasteiger partial charge on any atom is 0.0405 e. The zero-order valence-corrected chi connectivity index (χ0v) is 8.21. The number of hydrogen-bond acceptors (Lipinski definition) is 1. The van der Waals surface area contributed by atoms with Crippen molar-refractivity contribution >= 4 is 0 Å². The van der Waals surface area contributed by atoms with E-state index < -0.39 is 0 Å². The summed E-state index contributed by atoms with van der Waals surface area (Å²) in [6.07, 6.45) is 16.5. The average Bonchev–Trinajstić information content (AvgIpc) is 2.20. The number of hydrogen-bond donors (Lipinski definition) is 1. The van der Waals surface area contributed by atoms with Crippen LogP contribution in [-0.2, 0) is 0 Å². The summed E-state index contributed by atoms with van der Waals surface area (Å²) in [7, 11) is 0. The van der Waals surface area contributed by atoms with E-state index in [1.54, 1.807) is 0 Å². The largest absolute Gasteiger partial charge is 0.321 e. The van der Waals surface area contributed by atoms with Crippen LogP contribution < -0.4 is 5.73 Å². The van der Waals surface area contributed by atoms with E-state index in [2.05, 4.69) is 24.3 Å². The first-order chi connectivity index (χ1) is 6.31. The Hall–Kier alpha value is -0.560. The molecule has 0 spiro atoms. The fraction of sp³-hybridized carbons (Fsp3) is 0.667. The normalized spacial score (nSPS) is 35.2. The van der Waals surface area contributed by atoms with Crippen molar-refractivity contribution in [1.82, 2.24) is 0 Å².